The van der Waals surface area contributed by atoms with Crippen LogP contribution in [-0.2, 0) is 54.6 Å². The molecule has 0 aliphatic rings. The van der Waals surface area contributed by atoms with Gasteiger partial charge in [-0.3, -0.25) is 14.4 Å². The molecule has 0 saturated heterocycles. The zero-order valence-corrected chi connectivity index (χ0v) is 65.6. The number of unbranched alkanes of at least 4 members (excludes halogenated alkanes) is 1. The van der Waals surface area contributed by atoms with E-state index in [-0.39, 0.29) is 18.8 Å². The molecule has 0 heterocycles. The third kappa shape index (κ3) is 26.6. The van der Waals surface area contributed by atoms with Gasteiger partial charge in [0, 0.05) is 19.3 Å². The number of hydrogen-bond acceptors (Lipinski definition) is 6. The van der Waals surface area contributed by atoms with Crippen molar-refractivity contribution < 1.29 is 39.1 Å². The molecule has 0 aliphatic carbocycles. The highest BCUT2D eigenvalue weighted by Gasteiger charge is 2.14. The summed E-state index contributed by atoms with van der Waals surface area (Å²) >= 11 is 0. The standard InChI is InChI=1S/C59H66O4.C46H38O4/c1-45(2)15-11-12-41-62-63-42-14-17-47-22-35-55(36-23-47)57(53-18-7-5-8-19-53)43-49-26-31-51(32-27-49)52-33-28-50(29-34-52)44-58(54-20-9-6-10-21-54)56-37-24-48(25-38-56)30-39-59(60)61-40-13-16-46(3)4;47-45(48)29-19-33-11-25-41(26-12-33)43(39-7-3-1-4-8-39)31-35-15-21-37(22-16-35)38-23-17-36(18-24-38)32-44(40-9-5-2-6-10-40)42-27-13-34(14-28-42)20-30-46(49)50/h5-10,18-29,31-38,43-46H,11-17,30,39-42H2,1-4H3;1-18,21-28,31-32H,19-20,29-30H2,(H,47,48)(H,49,50)/b57-43+,58-44+;43-31+,44-32+. The Labute approximate surface area is 669 Å². The van der Waals surface area contributed by atoms with Crippen LogP contribution >= 0.6 is 0 Å². The number of carbonyl (C=O) groups is 3. The fraction of sp³-hybridized carbons (Fsp3) is 0.210. The molecule has 0 spiro atoms. The predicted molar refractivity (Wildman–Crippen MR) is 467 cm³/mol. The number of aliphatic carboxylic acids is 2. The highest BCUT2D eigenvalue weighted by molar-refractivity contribution is 5.95. The van der Waals surface area contributed by atoms with Gasteiger partial charge in [-0.25, -0.2) is 9.78 Å². The quantitative estimate of drug-likeness (QED) is 0.0130. The monoisotopic (exact) mass is 1490 g/mol. The van der Waals surface area contributed by atoms with Crippen molar-refractivity contribution in [3.8, 4) is 22.3 Å². The molecule has 0 saturated carbocycles. The van der Waals surface area contributed by atoms with E-state index in [0.29, 0.717) is 51.4 Å². The fourth-order valence-electron chi connectivity index (χ4n) is 13.6. The van der Waals surface area contributed by atoms with Crippen LogP contribution in [0.15, 0.2) is 315 Å². The lowest BCUT2D eigenvalue weighted by atomic mass is 9.93. The molecule has 0 fully saturated rings. The maximum Gasteiger partial charge on any atom is 0.306 e. The van der Waals surface area contributed by atoms with Crippen LogP contribution in [0.25, 0.3) is 68.9 Å². The minimum absolute atomic E-state index is 0.119. The molecule has 0 amide bonds. The van der Waals surface area contributed by atoms with Crippen molar-refractivity contribution in [3.63, 3.8) is 0 Å². The molecule has 0 bridgehead atoms. The Morgan fingerprint density at radius 1 is 0.274 bits per heavy atom. The molecule has 8 heteroatoms. The number of aryl methyl sites for hydroxylation is 4. The van der Waals surface area contributed by atoms with Crippen LogP contribution in [0.2, 0.25) is 0 Å². The number of hydrogen-bond donors (Lipinski definition) is 2. The van der Waals surface area contributed by atoms with E-state index in [1.807, 2.05) is 60.7 Å². The first-order chi connectivity index (χ1) is 55.2. The van der Waals surface area contributed by atoms with Gasteiger partial charge in [-0.05, 0) is 221 Å². The summed E-state index contributed by atoms with van der Waals surface area (Å²) in [5.41, 5.74) is 27.1. The number of ether oxygens (including phenoxy) is 1. The summed E-state index contributed by atoms with van der Waals surface area (Å²) in [6, 6.07) is 110. The molecule has 572 valence electrons. The smallest absolute Gasteiger partial charge is 0.306 e. The molecule has 12 aromatic carbocycles. The lowest BCUT2D eigenvalue weighted by molar-refractivity contribution is -0.295. The van der Waals surface area contributed by atoms with Crippen molar-refractivity contribution in [1.29, 1.82) is 0 Å². The predicted octanol–water partition coefficient (Wildman–Crippen LogP) is 25.7. The second kappa shape index (κ2) is 43.5. The Bertz CT molecular complexity index is 4870. The summed E-state index contributed by atoms with van der Waals surface area (Å²) in [7, 11) is 0. The largest absolute Gasteiger partial charge is 0.481 e. The molecule has 0 unspecified atom stereocenters. The normalized spacial score (nSPS) is 11.8. The number of rotatable bonds is 37. The summed E-state index contributed by atoms with van der Waals surface area (Å²) < 4.78 is 5.46. The van der Waals surface area contributed by atoms with Crippen molar-refractivity contribution in [3.05, 3.63) is 404 Å². The molecule has 12 rings (SSSR count). The Balaban J connectivity index is 0.000000229. The first-order valence-corrected chi connectivity index (χ1v) is 39.9. The molecule has 2 N–H and O–H groups in total. The van der Waals surface area contributed by atoms with Gasteiger partial charge in [0.2, 0.25) is 0 Å². The van der Waals surface area contributed by atoms with Crippen molar-refractivity contribution in [1.82, 2.24) is 0 Å². The Hall–Kier alpha value is -12.1. The fourth-order valence-corrected chi connectivity index (χ4v) is 13.6. The van der Waals surface area contributed by atoms with E-state index in [9.17, 15) is 14.4 Å². The number of carboxylic acids is 2. The Morgan fingerprint density at radius 3 is 0.814 bits per heavy atom. The maximum atomic E-state index is 12.3. The van der Waals surface area contributed by atoms with Gasteiger partial charge in [0.15, 0.2) is 0 Å². The van der Waals surface area contributed by atoms with Gasteiger partial charge >= 0.3 is 17.9 Å². The van der Waals surface area contributed by atoms with Crippen molar-refractivity contribution in [2.24, 2.45) is 11.8 Å². The third-order valence-corrected chi connectivity index (χ3v) is 20.0. The number of carbonyl (C=O) groups excluding carboxylic acids is 1. The van der Waals surface area contributed by atoms with Gasteiger partial charge in [-0.1, -0.05) is 356 Å². The van der Waals surface area contributed by atoms with E-state index in [1.54, 1.807) is 0 Å². The zero-order chi connectivity index (χ0) is 78.8. The van der Waals surface area contributed by atoms with Crippen molar-refractivity contribution in [2.45, 2.75) is 111 Å². The Kier molecular flexibility index (Phi) is 31.5. The van der Waals surface area contributed by atoms with E-state index < -0.39 is 11.9 Å². The minimum atomic E-state index is -0.789. The molecule has 0 aromatic heterocycles. The Morgan fingerprint density at radius 2 is 0.531 bits per heavy atom. The average Bonchev–Trinajstić information content (AvgIpc) is 0.822. The molecule has 0 radical (unpaired) electrons. The summed E-state index contributed by atoms with van der Waals surface area (Å²) in [4.78, 5) is 45.2. The average molecular weight is 1490 g/mol. The van der Waals surface area contributed by atoms with Crippen molar-refractivity contribution in [2.75, 3.05) is 19.8 Å². The molecule has 113 heavy (non-hydrogen) atoms. The second-order valence-electron chi connectivity index (χ2n) is 29.7. The van der Waals surface area contributed by atoms with Crippen molar-refractivity contribution >= 4 is 64.5 Å². The lowest BCUT2D eigenvalue weighted by Gasteiger charge is -2.12. The van der Waals surface area contributed by atoms with Gasteiger partial charge in [-0.2, -0.15) is 0 Å². The van der Waals surface area contributed by atoms with Crippen LogP contribution in [0.4, 0.5) is 0 Å². The zero-order valence-electron chi connectivity index (χ0n) is 65.6. The summed E-state index contributed by atoms with van der Waals surface area (Å²) in [5.74, 6) is -0.341. The summed E-state index contributed by atoms with van der Waals surface area (Å²) in [6.07, 6.45) is 18.6. The van der Waals surface area contributed by atoms with Gasteiger partial charge in [0.05, 0.1) is 19.8 Å². The molecular weight excluding hydrogens is 1390 g/mol. The minimum Gasteiger partial charge on any atom is -0.481 e. The van der Waals surface area contributed by atoms with Gasteiger partial charge < -0.3 is 14.9 Å². The SMILES string of the molecule is CC(C)CCCCOOCCCc1ccc(/C(=C/c2ccc(-c3ccc(/C=C(\c4ccccc4)c4ccc(CCC(=O)OCCCC(C)C)cc4)cc3)cc2)c2ccccc2)cc1.O=C(O)CCc1ccc(/C(=C/c2ccc(-c3ccc(/C=C(\c4ccccc4)c4ccc(CCC(=O)O)cc4)cc3)cc2)c2ccccc2)cc1. The van der Waals surface area contributed by atoms with Gasteiger partial charge in [-0.15, -0.1) is 0 Å². The number of benzene rings is 12. The van der Waals surface area contributed by atoms with E-state index in [1.165, 1.54) is 46.2 Å². The third-order valence-electron chi connectivity index (χ3n) is 20.0. The van der Waals surface area contributed by atoms with Crippen LogP contribution in [-0.4, -0.2) is 47.9 Å². The van der Waals surface area contributed by atoms with Crippen LogP contribution in [0.1, 0.15) is 174 Å². The van der Waals surface area contributed by atoms with Gasteiger partial charge in [0.1, 0.15) is 0 Å². The highest BCUT2D eigenvalue weighted by Crippen LogP contribution is 2.34. The van der Waals surface area contributed by atoms with E-state index >= 15 is 0 Å². The lowest BCUT2D eigenvalue weighted by Crippen LogP contribution is -2.07. The summed E-state index contributed by atoms with van der Waals surface area (Å²) in [6.45, 7) is 10.7. The van der Waals surface area contributed by atoms with Gasteiger partial charge in [0.25, 0.3) is 0 Å². The highest BCUT2D eigenvalue weighted by atomic mass is 17.2. The van der Waals surface area contributed by atoms with E-state index in [2.05, 4.69) is 307 Å². The number of esters is 1. The molecule has 0 aliphatic heterocycles. The van der Waals surface area contributed by atoms with Crippen LogP contribution in [0.5, 0.6) is 0 Å². The first kappa shape index (κ1) is 81.9. The molecule has 12 aromatic rings. The second-order valence-corrected chi connectivity index (χ2v) is 29.7. The maximum absolute atomic E-state index is 12.3. The van der Waals surface area contributed by atoms with Crippen LogP contribution < -0.4 is 0 Å². The summed E-state index contributed by atoms with van der Waals surface area (Å²) in [5, 5.41) is 18.1. The molecular formula is C105H104O8. The van der Waals surface area contributed by atoms with Crippen LogP contribution in [0, 0.1) is 11.8 Å². The number of carboxylic acid groups (broad SMARTS) is 2. The topological polar surface area (TPSA) is 119 Å². The molecule has 0 atom stereocenters. The molecule has 8 nitrogen and oxygen atoms in total. The van der Waals surface area contributed by atoms with E-state index in [4.69, 9.17) is 24.7 Å². The first-order valence-electron chi connectivity index (χ1n) is 39.9. The van der Waals surface area contributed by atoms with Crippen LogP contribution in [0.3, 0.4) is 0 Å². The van der Waals surface area contributed by atoms with E-state index in [0.717, 1.165) is 138 Å².